The molecule has 1 aliphatic rings. The zero-order valence-corrected chi connectivity index (χ0v) is 13.0. The average Bonchev–Trinajstić information content (AvgIpc) is 2.76. The maximum absolute atomic E-state index is 12.7. The summed E-state index contributed by atoms with van der Waals surface area (Å²) < 4.78 is 37.9. The second kappa shape index (κ2) is 6.28. The minimum atomic E-state index is -4.40. The Bertz CT molecular complexity index is 713. The van der Waals surface area contributed by atoms with Crippen LogP contribution in [0, 0.1) is 0 Å². The Hall–Kier alpha value is -1.95. The first-order valence-corrected chi connectivity index (χ1v) is 8.16. The number of hydrogen-bond acceptors (Lipinski definition) is 2. The highest BCUT2D eigenvalue weighted by Crippen LogP contribution is 2.35. The standard InChI is InChI=1S/C17H14F3NOS/c18-17(19,20)13-8-6-12(7-9-13)16(22)21-10-3-11-23-15-5-2-1-4-14(15)21/h1-2,4-9H,3,10-11H2. The van der Waals surface area contributed by atoms with Crippen LogP contribution in [0.2, 0.25) is 0 Å². The number of halogens is 3. The molecule has 0 unspecified atom stereocenters. The van der Waals surface area contributed by atoms with Crippen LogP contribution in [0.1, 0.15) is 22.3 Å². The maximum Gasteiger partial charge on any atom is 0.416 e. The van der Waals surface area contributed by atoms with Crippen LogP contribution in [-0.2, 0) is 6.18 Å². The second-order valence-electron chi connectivity index (χ2n) is 5.20. The lowest BCUT2D eigenvalue weighted by Gasteiger charge is -2.22. The van der Waals surface area contributed by atoms with Gasteiger partial charge in [0.05, 0.1) is 11.3 Å². The molecule has 0 saturated heterocycles. The van der Waals surface area contributed by atoms with E-state index in [0.717, 1.165) is 34.9 Å². The van der Waals surface area contributed by atoms with Gasteiger partial charge >= 0.3 is 6.18 Å². The largest absolute Gasteiger partial charge is 0.416 e. The second-order valence-corrected chi connectivity index (χ2v) is 6.34. The molecule has 0 atom stereocenters. The molecule has 1 amide bonds. The van der Waals surface area contributed by atoms with E-state index in [4.69, 9.17) is 0 Å². The molecule has 0 saturated carbocycles. The number of thioether (sulfide) groups is 1. The van der Waals surface area contributed by atoms with Crippen molar-refractivity contribution in [3.8, 4) is 0 Å². The van der Waals surface area contributed by atoms with Crippen LogP contribution in [0.3, 0.4) is 0 Å². The minimum absolute atomic E-state index is 0.264. The van der Waals surface area contributed by atoms with E-state index in [1.54, 1.807) is 16.7 Å². The first-order chi connectivity index (χ1) is 11.0. The quantitative estimate of drug-likeness (QED) is 0.741. The van der Waals surface area contributed by atoms with Gasteiger partial charge in [0.2, 0.25) is 0 Å². The molecule has 0 spiro atoms. The monoisotopic (exact) mass is 337 g/mol. The van der Waals surface area contributed by atoms with Crippen LogP contribution in [0.15, 0.2) is 53.4 Å². The molecule has 0 fully saturated rings. The number of benzene rings is 2. The summed E-state index contributed by atoms with van der Waals surface area (Å²) in [5.41, 5.74) is 0.334. The van der Waals surface area contributed by atoms with Crippen molar-refractivity contribution < 1.29 is 18.0 Å². The molecule has 23 heavy (non-hydrogen) atoms. The van der Waals surface area contributed by atoms with E-state index in [-0.39, 0.29) is 11.5 Å². The molecule has 0 aliphatic carbocycles. The number of amides is 1. The maximum atomic E-state index is 12.7. The topological polar surface area (TPSA) is 20.3 Å². The molecule has 1 heterocycles. The van der Waals surface area contributed by atoms with E-state index in [0.29, 0.717) is 6.54 Å². The number of hydrogen-bond donors (Lipinski definition) is 0. The average molecular weight is 337 g/mol. The molecule has 3 rings (SSSR count). The van der Waals surface area contributed by atoms with Crippen molar-refractivity contribution in [2.24, 2.45) is 0 Å². The van der Waals surface area contributed by atoms with Crippen LogP contribution < -0.4 is 4.90 Å². The molecule has 1 aliphatic heterocycles. The Labute approximate surface area is 136 Å². The molecule has 0 aromatic heterocycles. The van der Waals surface area contributed by atoms with Gasteiger partial charge in [0.15, 0.2) is 0 Å². The van der Waals surface area contributed by atoms with Crippen molar-refractivity contribution in [3.63, 3.8) is 0 Å². The fraction of sp³-hybridized carbons (Fsp3) is 0.235. The summed E-state index contributed by atoms with van der Waals surface area (Å²) in [6, 6.07) is 12.0. The zero-order chi connectivity index (χ0) is 16.4. The van der Waals surface area contributed by atoms with E-state index >= 15 is 0 Å². The number of carbonyl (C=O) groups excluding carboxylic acids is 1. The number of rotatable bonds is 1. The number of fused-ring (bicyclic) bond motifs is 1. The lowest BCUT2D eigenvalue weighted by molar-refractivity contribution is -0.137. The highest BCUT2D eigenvalue weighted by atomic mass is 32.2. The fourth-order valence-electron chi connectivity index (χ4n) is 2.50. The van der Waals surface area contributed by atoms with Crippen molar-refractivity contribution >= 4 is 23.4 Å². The fourth-order valence-corrected chi connectivity index (χ4v) is 3.49. The molecule has 0 radical (unpaired) electrons. The van der Waals surface area contributed by atoms with Crippen molar-refractivity contribution in [1.29, 1.82) is 0 Å². The molecule has 6 heteroatoms. The number of alkyl halides is 3. The van der Waals surface area contributed by atoms with Crippen LogP contribution in [0.4, 0.5) is 18.9 Å². The van der Waals surface area contributed by atoms with Gasteiger partial charge in [0.25, 0.3) is 5.91 Å². The Morgan fingerprint density at radius 3 is 2.43 bits per heavy atom. The third-order valence-electron chi connectivity index (χ3n) is 3.64. The lowest BCUT2D eigenvalue weighted by Crippen LogP contribution is -2.31. The minimum Gasteiger partial charge on any atom is -0.307 e. The molecule has 2 aromatic carbocycles. The number of para-hydroxylation sites is 1. The van der Waals surface area contributed by atoms with Crippen molar-refractivity contribution in [3.05, 3.63) is 59.7 Å². The number of anilines is 1. The van der Waals surface area contributed by atoms with Gasteiger partial charge in [0, 0.05) is 17.0 Å². The highest BCUT2D eigenvalue weighted by molar-refractivity contribution is 7.99. The summed E-state index contributed by atoms with van der Waals surface area (Å²) in [5, 5.41) is 0. The zero-order valence-electron chi connectivity index (χ0n) is 12.1. The van der Waals surface area contributed by atoms with Gasteiger partial charge in [-0.05, 0) is 48.6 Å². The molecular weight excluding hydrogens is 323 g/mol. The third-order valence-corrected chi connectivity index (χ3v) is 4.79. The Morgan fingerprint density at radius 2 is 1.74 bits per heavy atom. The normalized spacial score (nSPS) is 15.0. The molecule has 2 aromatic rings. The molecule has 2 nitrogen and oxygen atoms in total. The van der Waals surface area contributed by atoms with Gasteiger partial charge in [-0.25, -0.2) is 0 Å². The smallest absolute Gasteiger partial charge is 0.307 e. The number of carbonyl (C=O) groups is 1. The van der Waals surface area contributed by atoms with Gasteiger partial charge in [-0.3, -0.25) is 4.79 Å². The van der Waals surface area contributed by atoms with Crippen LogP contribution in [0.5, 0.6) is 0 Å². The van der Waals surface area contributed by atoms with Gasteiger partial charge in [-0.15, -0.1) is 11.8 Å². The van der Waals surface area contributed by atoms with Crippen LogP contribution >= 0.6 is 11.8 Å². The first-order valence-electron chi connectivity index (χ1n) is 7.18. The summed E-state index contributed by atoms with van der Waals surface area (Å²) in [5.74, 6) is 0.641. The summed E-state index contributed by atoms with van der Waals surface area (Å²) in [6.45, 7) is 0.559. The van der Waals surface area contributed by atoms with Crippen molar-refractivity contribution in [1.82, 2.24) is 0 Å². The van der Waals surface area contributed by atoms with Gasteiger partial charge in [0.1, 0.15) is 0 Å². The summed E-state index contributed by atoms with van der Waals surface area (Å²) in [7, 11) is 0. The summed E-state index contributed by atoms with van der Waals surface area (Å²) >= 11 is 1.69. The van der Waals surface area contributed by atoms with Gasteiger partial charge in [-0.2, -0.15) is 13.2 Å². The van der Waals surface area contributed by atoms with E-state index in [2.05, 4.69) is 0 Å². The van der Waals surface area contributed by atoms with E-state index in [1.807, 2.05) is 24.3 Å². The van der Waals surface area contributed by atoms with Gasteiger partial charge < -0.3 is 4.90 Å². The SMILES string of the molecule is O=C(c1ccc(C(F)(F)F)cc1)N1CCCSc2ccccc21. The predicted molar refractivity (Wildman–Crippen MR) is 84.9 cm³/mol. The van der Waals surface area contributed by atoms with E-state index in [1.165, 1.54) is 12.1 Å². The first kappa shape index (κ1) is 15.9. The predicted octanol–water partition coefficient (Wildman–Crippen LogP) is 4.85. The van der Waals surface area contributed by atoms with Crippen molar-refractivity contribution in [2.75, 3.05) is 17.2 Å². The molecule has 0 N–H and O–H groups in total. The molecule has 120 valence electrons. The van der Waals surface area contributed by atoms with Crippen LogP contribution in [-0.4, -0.2) is 18.2 Å². The summed E-state index contributed by atoms with van der Waals surface area (Å²) in [4.78, 5) is 15.4. The van der Waals surface area contributed by atoms with E-state index < -0.39 is 11.7 Å². The molecule has 0 bridgehead atoms. The number of nitrogens with zero attached hydrogens (tertiary/aromatic N) is 1. The van der Waals surface area contributed by atoms with E-state index in [9.17, 15) is 18.0 Å². The van der Waals surface area contributed by atoms with Crippen molar-refractivity contribution in [2.45, 2.75) is 17.5 Å². The molecular formula is C17H14F3NOS. The summed E-state index contributed by atoms with van der Waals surface area (Å²) in [6.07, 6.45) is -3.56. The van der Waals surface area contributed by atoms with Gasteiger partial charge in [-0.1, -0.05) is 12.1 Å². The Kier molecular flexibility index (Phi) is 4.35. The Morgan fingerprint density at radius 1 is 1.04 bits per heavy atom. The third kappa shape index (κ3) is 3.37. The lowest BCUT2D eigenvalue weighted by atomic mass is 10.1. The highest BCUT2D eigenvalue weighted by Gasteiger charge is 2.30. The van der Waals surface area contributed by atoms with Crippen LogP contribution in [0.25, 0.3) is 0 Å². The Balaban J connectivity index is 1.91.